The topological polar surface area (TPSA) is 79.3 Å². The Morgan fingerprint density at radius 2 is 1.81 bits per heavy atom. The summed E-state index contributed by atoms with van der Waals surface area (Å²) in [6, 6.07) is 11.9. The number of hydrogen-bond acceptors (Lipinski definition) is 6. The van der Waals surface area contributed by atoms with Gasteiger partial charge in [0.25, 0.3) is 11.7 Å². The first-order valence-electron chi connectivity index (χ1n) is 12.3. The molecule has 1 heterocycles. The lowest BCUT2D eigenvalue weighted by atomic mass is 9.93. The van der Waals surface area contributed by atoms with E-state index in [0.29, 0.717) is 43.2 Å². The summed E-state index contributed by atoms with van der Waals surface area (Å²) in [6.45, 7) is 9.66. The molecule has 0 bridgehead atoms. The zero-order valence-corrected chi connectivity index (χ0v) is 21.6. The summed E-state index contributed by atoms with van der Waals surface area (Å²) in [6.07, 6.45) is 3.24. The number of likely N-dealkylation sites (tertiary alicyclic amines) is 1. The van der Waals surface area contributed by atoms with Crippen LogP contribution in [-0.4, -0.2) is 67.0 Å². The van der Waals surface area contributed by atoms with Gasteiger partial charge >= 0.3 is 0 Å². The van der Waals surface area contributed by atoms with E-state index in [1.54, 1.807) is 35.2 Å². The van der Waals surface area contributed by atoms with E-state index in [-0.39, 0.29) is 11.3 Å². The first kappa shape index (κ1) is 27.0. The molecule has 1 saturated heterocycles. The van der Waals surface area contributed by atoms with Crippen LogP contribution in [0.25, 0.3) is 5.76 Å². The highest BCUT2D eigenvalue weighted by atomic mass is 16.5. The molecule has 1 fully saturated rings. The first-order chi connectivity index (χ1) is 17.3. The van der Waals surface area contributed by atoms with Crippen LogP contribution in [0.1, 0.15) is 42.5 Å². The van der Waals surface area contributed by atoms with Gasteiger partial charge in [-0.1, -0.05) is 31.7 Å². The average Bonchev–Trinajstić information content (AvgIpc) is 3.11. The second-order valence-corrected chi connectivity index (χ2v) is 9.14. The van der Waals surface area contributed by atoms with E-state index in [4.69, 9.17) is 9.47 Å². The molecule has 2 aromatic carbocycles. The molecular weight excluding hydrogens is 456 g/mol. The summed E-state index contributed by atoms with van der Waals surface area (Å²) >= 11 is 0. The van der Waals surface area contributed by atoms with Gasteiger partial charge in [-0.3, -0.25) is 9.59 Å². The Balaban J connectivity index is 2.05. The summed E-state index contributed by atoms with van der Waals surface area (Å²) in [7, 11) is 3.93. The molecule has 0 spiro atoms. The van der Waals surface area contributed by atoms with E-state index in [1.807, 2.05) is 51.0 Å². The van der Waals surface area contributed by atoms with Crippen molar-refractivity contribution >= 4 is 17.4 Å². The number of aryl methyl sites for hydroxylation is 1. The second-order valence-electron chi connectivity index (χ2n) is 9.14. The molecule has 1 amide bonds. The SMILES string of the molecule is C=CCOc1ccc(C2C(=C(O)c3ccc(OCCC)cc3C)C(=O)C(=O)N2CCCN(C)C)cc1. The lowest BCUT2D eigenvalue weighted by Gasteiger charge is -2.26. The quantitative estimate of drug-likeness (QED) is 0.200. The van der Waals surface area contributed by atoms with Crippen molar-refractivity contribution in [2.75, 3.05) is 40.4 Å². The Kier molecular flexibility index (Phi) is 9.31. The van der Waals surface area contributed by atoms with Crippen LogP contribution in [0.15, 0.2) is 60.7 Å². The molecule has 0 aromatic heterocycles. The Morgan fingerprint density at radius 1 is 1.11 bits per heavy atom. The smallest absolute Gasteiger partial charge is 0.295 e. The minimum absolute atomic E-state index is 0.0925. The van der Waals surface area contributed by atoms with Crippen molar-refractivity contribution in [1.29, 1.82) is 0 Å². The van der Waals surface area contributed by atoms with Gasteiger partial charge in [-0.25, -0.2) is 0 Å². The van der Waals surface area contributed by atoms with Gasteiger partial charge in [0.2, 0.25) is 0 Å². The summed E-state index contributed by atoms with van der Waals surface area (Å²) in [5.74, 6) is -0.115. The highest BCUT2D eigenvalue weighted by molar-refractivity contribution is 6.46. The number of hydrogen-bond donors (Lipinski definition) is 1. The monoisotopic (exact) mass is 492 g/mol. The number of aliphatic hydroxyl groups excluding tert-OH is 1. The number of carbonyl (C=O) groups is 2. The summed E-state index contributed by atoms with van der Waals surface area (Å²) < 4.78 is 11.3. The standard InChI is InChI=1S/C29H36N2O5/c1-6-17-35-22-11-9-21(10-12-22)26-25(28(33)29(34)31(26)16-8-15-30(4)5)27(32)24-14-13-23(19-20(24)3)36-18-7-2/h6,9-14,19,26,32H,1,7-8,15-18H2,2-5H3. The zero-order chi connectivity index (χ0) is 26.2. The van der Waals surface area contributed by atoms with Crippen molar-refractivity contribution in [3.63, 3.8) is 0 Å². The highest BCUT2D eigenvalue weighted by Crippen LogP contribution is 2.40. The van der Waals surface area contributed by atoms with Gasteiger partial charge in [0, 0.05) is 12.1 Å². The number of carbonyl (C=O) groups excluding carboxylic acids is 2. The molecule has 1 atom stereocenters. The number of ketones is 1. The van der Waals surface area contributed by atoms with Crippen LogP contribution in [-0.2, 0) is 9.59 Å². The Morgan fingerprint density at radius 3 is 2.42 bits per heavy atom. The maximum absolute atomic E-state index is 13.3. The van der Waals surface area contributed by atoms with Crippen LogP contribution in [0.3, 0.4) is 0 Å². The van der Waals surface area contributed by atoms with Crippen LogP contribution < -0.4 is 9.47 Å². The molecule has 1 N–H and O–H groups in total. The number of Topliss-reactive ketones (excluding diaryl/α,β-unsaturated/α-hetero) is 1. The fraction of sp³-hybridized carbons (Fsp3) is 0.379. The maximum atomic E-state index is 13.3. The average molecular weight is 493 g/mol. The molecule has 192 valence electrons. The largest absolute Gasteiger partial charge is 0.507 e. The third-order valence-electron chi connectivity index (χ3n) is 6.03. The van der Waals surface area contributed by atoms with Gasteiger partial charge in [-0.15, -0.1) is 0 Å². The minimum atomic E-state index is -0.698. The minimum Gasteiger partial charge on any atom is -0.507 e. The molecule has 0 radical (unpaired) electrons. The molecule has 2 aromatic rings. The number of nitrogens with zero attached hydrogens (tertiary/aromatic N) is 2. The van der Waals surface area contributed by atoms with E-state index in [2.05, 4.69) is 6.58 Å². The van der Waals surface area contributed by atoms with Crippen molar-refractivity contribution in [3.05, 3.63) is 77.4 Å². The lowest BCUT2D eigenvalue weighted by Crippen LogP contribution is -2.32. The van der Waals surface area contributed by atoms with E-state index in [0.717, 1.165) is 24.1 Å². The van der Waals surface area contributed by atoms with E-state index in [1.165, 1.54) is 0 Å². The van der Waals surface area contributed by atoms with Gasteiger partial charge in [0.1, 0.15) is 23.9 Å². The van der Waals surface area contributed by atoms with Gasteiger partial charge in [0.05, 0.1) is 18.2 Å². The number of rotatable bonds is 12. The third-order valence-corrected chi connectivity index (χ3v) is 6.03. The highest BCUT2D eigenvalue weighted by Gasteiger charge is 2.45. The maximum Gasteiger partial charge on any atom is 0.295 e. The second kappa shape index (κ2) is 12.4. The molecule has 0 aliphatic carbocycles. The summed E-state index contributed by atoms with van der Waals surface area (Å²) in [5, 5.41) is 11.4. The summed E-state index contributed by atoms with van der Waals surface area (Å²) in [5.41, 5.74) is 2.08. The molecule has 7 nitrogen and oxygen atoms in total. The normalized spacial score (nSPS) is 17.0. The summed E-state index contributed by atoms with van der Waals surface area (Å²) in [4.78, 5) is 30.0. The molecule has 1 unspecified atom stereocenters. The molecule has 7 heteroatoms. The van der Waals surface area contributed by atoms with Crippen molar-refractivity contribution in [1.82, 2.24) is 9.80 Å². The number of ether oxygens (including phenoxy) is 2. The molecule has 3 rings (SSSR count). The molecule has 36 heavy (non-hydrogen) atoms. The van der Waals surface area contributed by atoms with Crippen LogP contribution in [0.4, 0.5) is 0 Å². The zero-order valence-electron chi connectivity index (χ0n) is 21.6. The fourth-order valence-electron chi connectivity index (χ4n) is 4.27. The number of benzene rings is 2. The van der Waals surface area contributed by atoms with Gasteiger partial charge in [0.15, 0.2) is 0 Å². The van der Waals surface area contributed by atoms with Crippen molar-refractivity contribution in [2.24, 2.45) is 0 Å². The molecule has 1 aliphatic heterocycles. The molecule has 0 saturated carbocycles. The first-order valence-corrected chi connectivity index (χ1v) is 12.3. The van der Waals surface area contributed by atoms with Crippen LogP contribution in [0.5, 0.6) is 11.5 Å². The van der Waals surface area contributed by atoms with Crippen LogP contribution in [0, 0.1) is 6.92 Å². The van der Waals surface area contributed by atoms with Crippen molar-refractivity contribution in [3.8, 4) is 11.5 Å². The Bertz CT molecular complexity index is 1120. The van der Waals surface area contributed by atoms with Crippen LogP contribution >= 0.6 is 0 Å². The predicted octanol–water partition coefficient (Wildman–Crippen LogP) is 4.72. The number of amides is 1. The van der Waals surface area contributed by atoms with Crippen molar-refractivity contribution < 1.29 is 24.2 Å². The molecular formula is C29H36N2O5. The van der Waals surface area contributed by atoms with E-state index < -0.39 is 17.7 Å². The Hall–Kier alpha value is -3.58. The number of aliphatic hydroxyl groups is 1. The van der Waals surface area contributed by atoms with E-state index in [9.17, 15) is 14.7 Å². The van der Waals surface area contributed by atoms with Gasteiger partial charge in [-0.05, 0) is 81.9 Å². The lowest BCUT2D eigenvalue weighted by molar-refractivity contribution is -0.139. The van der Waals surface area contributed by atoms with Crippen LogP contribution in [0.2, 0.25) is 0 Å². The van der Waals surface area contributed by atoms with Gasteiger partial charge < -0.3 is 24.4 Å². The fourth-order valence-corrected chi connectivity index (χ4v) is 4.27. The molecule has 1 aliphatic rings. The predicted molar refractivity (Wildman–Crippen MR) is 141 cm³/mol. The van der Waals surface area contributed by atoms with E-state index >= 15 is 0 Å². The third kappa shape index (κ3) is 6.15. The van der Waals surface area contributed by atoms with Gasteiger partial charge in [-0.2, -0.15) is 0 Å². The Labute approximate surface area is 213 Å². The van der Waals surface area contributed by atoms with Crippen molar-refractivity contribution in [2.45, 2.75) is 32.7 Å².